The van der Waals surface area contributed by atoms with E-state index < -0.39 is 22.0 Å². The lowest BCUT2D eigenvalue weighted by molar-refractivity contribution is -0.123. The Labute approximate surface area is 152 Å². The summed E-state index contributed by atoms with van der Waals surface area (Å²) in [6.45, 7) is 4.02. The second-order valence-corrected chi connectivity index (χ2v) is 8.12. The van der Waals surface area contributed by atoms with Gasteiger partial charge in [0.15, 0.2) is 0 Å². The van der Waals surface area contributed by atoms with Gasteiger partial charge in [-0.15, -0.1) is 0 Å². The highest BCUT2D eigenvalue weighted by Crippen LogP contribution is 2.21. The minimum Gasteiger partial charge on any atom is -0.467 e. The van der Waals surface area contributed by atoms with Gasteiger partial charge >= 0.3 is 0 Å². The third kappa shape index (κ3) is 5.59. The maximum Gasteiger partial charge on any atom is 0.242 e. The van der Waals surface area contributed by atoms with Crippen LogP contribution in [0.3, 0.4) is 0 Å². The maximum absolute atomic E-state index is 12.6. The highest BCUT2D eigenvalue weighted by Gasteiger charge is 2.27. The van der Waals surface area contributed by atoms with Gasteiger partial charge in [0.2, 0.25) is 15.9 Å². The minimum absolute atomic E-state index is 0.0516. The van der Waals surface area contributed by atoms with Gasteiger partial charge in [-0.2, -0.15) is 4.72 Å². The number of nitrogens with one attached hydrogen (secondary N) is 2. The van der Waals surface area contributed by atoms with Crippen molar-refractivity contribution in [2.75, 3.05) is 0 Å². The van der Waals surface area contributed by atoms with Crippen LogP contribution in [0.2, 0.25) is 5.02 Å². The highest BCUT2D eigenvalue weighted by atomic mass is 35.5. The van der Waals surface area contributed by atoms with Crippen LogP contribution in [-0.2, 0) is 21.4 Å². The summed E-state index contributed by atoms with van der Waals surface area (Å²) in [7, 11) is -3.92. The number of carbonyl (C=O) groups is 1. The third-order valence-electron chi connectivity index (χ3n) is 3.46. The molecule has 0 saturated carbocycles. The zero-order valence-electron chi connectivity index (χ0n) is 14.0. The van der Waals surface area contributed by atoms with Gasteiger partial charge in [0, 0.05) is 0 Å². The number of benzene rings is 1. The number of rotatable bonds is 8. The van der Waals surface area contributed by atoms with Crippen LogP contribution >= 0.6 is 11.6 Å². The van der Waals surface area contributed by atoms with Crippen LogP contribution in [0.15, 0.2) is 52.0 Å². The van der Waals surface area contributed by atoms with Crippen molar-refractivity contribution < 1.29 is 17.6 Å². The summed E-state index contributed by atoms with van der Waals surface area (Å²) in [5, 5.41) is 2.79. The fraction of sp³-hybridized carbons (Fsp3) is 0.353. The van der Waals surface area contributed by atoms with Crippen LogP contribution in [0, 0.1) is 5.92 Å². The molecule has 1 amide bonds. The molecule has 0 radical (unpaired) electrons. The molecule has 25 heavy (non-hydrogen) atoms. The summed E-state index contributed by atoms with van der Waals surface area (Å²) >= 11 is 5.97. The molecule has 0 aliphatic heterocycles. The van der Waals surface area contributed by atoms with Crippen molar-refractivity contribution in [2.24, 2.45) is 5.92 Å². The van der Waals surface area contributed by atoms with Gasteiger partial charge < -0.3 is 9.73 Å². The fourth-order valence-corrected chi connectivity index (χ4v) is 4.03. The summed E-state index contributed by atoms with van der Waals surface area (Å²) in [5.41, 5.74) is 0. The van der Waals surface area contributed by atoms with Crippen molar-refractivity contribution >= 4 is 27.5 Å². The zero-order chi connectivity index (χ0) is 18.4. The van der Waals surface area contributed by atoms with Gasteiger partial charge in [-0.05, 0) is 36.6 Å². The van der Waals surface area contributed by atoms with Gasteiger partial charge in [-0.1, -0.05) is 37.6 Å². The number of hydrogen-bond acceptors (Lipinski definition) is 4. The van der Waals surface area contributed by atoms with Crippen molar-refractivity contribution in [3.63, 3.8) is 0 Å². The molecule has 0 bridgehead atoms. The van der Waals surface area contributed by atoms with E-state index in [9.17, 15) is 13.2 Å². The van der Waals surface area contributed by atoms with Crippen LogP contribution < -0.4 is 10.0 Å². The molecule has 0 unspecified atom stereocenters. The van der Waals surface area contributed by atoms with Crippen LogP contribution in [0.25, 0.3) is 0 Å². The largest absolute Gasteiger partial charge is 0.467 e. The predicted molar refractivity (Wildman–Crippen MR) is 95.6 cm³/mol. The standard InChI is InChI=1S/C17H21ClN2O4S/c1-12(2)10-15(17(21)19-11-13-6-5-9-24-13)20-25(22,23)16-8-4-3-7-14(16)18/h3-9,12,15,20H,10-11H2,1-2H3,(H,19,21)/t15-/m1/s1. The number of hydrogen-bond donors (Lipinski definition) is 2. The van der Waals surface area contributed by atoms with Crippen LogP contribution in [0.1, 0.15) is 26.0 Å². The SMILES string of the molecule is CC(C)C[C@@H](NS(=O)(=O)c1ccccc1Cl)C(=O)NCc1ccco1. The van der Waals surface area contributed by atoms with Gasteiger partial charge in [0.05, 0.1) is 17.8 Å². The summed E-state index contributed by atoms with van der Waals surface area (Å²) in [6, 6.07) is 8.65. The average Bonchev–Trinajstić information content (AvgIpc) is 3.05. The molecule has 0 aliphatic rings. The van der Waals surface area contributed by atoms with E-state index in [-0.39, 0.29) is 22.4 Å². The van der Waals surface area contributed by atoms with Gasteiger partial charge in [0.25, 0.3) is 0 Å². The Morgan fingerprint density at radius 3 is 2.52 bits per heavy atom. The molecule has 136 valence electrons. The highest BCUT2D eigenvalue weighted by molar-refractivity contribution is 7.89. The van der Waals surface area contributed by atoms with E-state index in [2.05, 4.69) is 10.0 Å². The Hall–Kier alpha value is -1.83. The molecule has 2 rings (SSSR count). The summed E-state index contributed by atoms with van der Waals surface area (Å²) in [6.07, 6.45) is 1.86. The lowest BCUT2D eigenvalue weighted by Crippen LogP contribution is -2.47. The topological polar surface area (TPSA) is 88.4 Å². The number of halogens is 1. The Balaban J connectivity index is 2.13. The van der Waals surface area contributed by atoms with Gasteiger partial charge in [-0.3, -0.25) is 4.79 Å². The number of sulfonamides is 1. The predicted octanol–water partition coefficient (Wildman–Crippen LogP) is 2.94. The number of carbonyl (C=O) groups excluding carboxylic acids is 1. The monoisotopic (exact) mass is 384 g/mol. The quantitative estimate of drug-likeness (QED) is 0.732. The summed E-state index contributed by atoms with van der Waals surface area (Å²) in [4.78, 5) is 12.4. The zero-order valence-corrected chi connectivity index (χ0v) is 15.6. The average molecular weight is 385 g/mol. The molecule has 0 spiro atoms. The Kier molecular flexibility index (Phi) is 6.64. The fourth-order valence-electron chi connectivity index (χ4n) is 2.30. The first-order valence-electron chi connectivity index (χ1n) is 7.86. The second-order valence-electron chi connectivity index (χ2n) is 6.03. The molecule has 2 N–H and O–H groups in total. The molecule has 8 heteroatoms. The number of furan rings is 1. The molecule has 0 fully saturated rings. The molecular formula is C17H21ClN2O4S. The first-order valence-corrected chi connectivity index (χ1v) is 9.72. The Bertz CT molecular complexity index is 804. The van der Waals surface area contributed by atoms with Crippen LogP contribution in [-0.4, -0.2) is 20.4 Å². The van der Waals surface area contributed by atoms with Crippen molar-refractivity contribution in [1.29, 1.82) is 0 Å². The van der Waals surface area contributed by atoms with E-state index in [1.165, 1.54) is 18.4 Å². The van der Waals surface area contributed by atoms with E-state index in [0.717, 1.165) is 0 Å². The molecule has 0 aliphatic carbocycles. The molecule has 1 aromatic carbocycles. The summed E-state index contributed by atoms with van der Waals surface area (Å²) < 4.78 is 32.8. The smallest absolute Gasteiger partial charge is 0.242 e. The Morgan fingerprint density at radius 2 is 1.92 bits per heavy atom. The lowest BCUT2D eigenvalue weighted by Gasteiger charge is -2.20. The van der Waals surface area contributed by atoms with Crippen molar-refractivity contribution in [1.82, 2.24) is 10.0 Å². The van der Waals surface area contributed by atoms with E-state index in [1.807, 2.05) is 13.8 Å². The molecule has 0 saturated heterocycles. The minimum atomic E-state index is -3.92. The van der Waals surface area contributed by atoms with Gasteiger partial charge in [0.1, 0.15) is 16.7 Å². The van der Waals surface area contributed by atoms with Crippen molar-refractivity contribution in [2.45, 2.75) is 37.8 Å². The van der Waals surface area contributed by atoms with E-state index >= 15 is 0 Å². The van der Waals surface area contributed by atoms with Gasteiger partial charge in [-0.25, -0.2) is 8.42 Å². The lowest BCUT2D eigenvalue weighted by atomic mass is 10.0. The first-order chi connectivity index (χ1) is 11.8. The molecule has 1 heterocycles. The second kappa shape index (κ2) is 8.51. The summed E-state index contributed by atoms with van der Waals surface area (Å²) in [5.74, 6) is 0.291. The molecule has 6 nitrogen and oxygen atoms in total. The van der Waals surface area contributed by atoms with E-state index in [4.69, 9.17) is 16.0 Å². The number of amides is 1. The third-order valence-corrected chi connectivity index (χ3v) is 5.44. The van der Waals surface area contributed by atoms with Crippen LogP contribution in [0.4, 0.5) is 0 Å². The van der Waals surface area contributed by atoms with E-state index in [0.29, 0.717) is 12.2 Å². The maximum atomic E-state index is 12.6. The normalized spacial score (nSPS) is 13.0. The van der Waals surface area contributed by atoms with Crippen molar-refractivity contribution in [3.05, 3.63) is 53.4 Å². The molecule has 1 aromatic heterocycles. The first kappa shape index (κ1) is 19.5. The van der Waals surface area contributed by atoms with Crippen molar-refractivity contribution in [3.8, 4) is 0 Å². The van der Waals surface area contributed by atoms with E-state index in [1.54, 1.807) is 24.3 Å². The molecule has 2 aromatic rings. The Morgan fingerprint density at radius 1 is 1.20 bits per heavy atom. The van der Waals surface area contributed by atoms with Crippen LogP contribution in [0.5, 0.6) is 0 Å². The molecule has 1 atom stereocenters. The molecular weight excluding hydrogens is 364 g/mol.